The van der Waals surface area contributed by atoms with Crippen LogP contribution in [0.15, 0.2) is 59.8 Å². The number of ether oxygens (including phenoxy) is 2. The van der Waals surface area contributed by atoms with Gasteiger partial charge in [0.25, 0.3) is 0 Å². The number of nitrogens with zero attached hydrogens (tertiary/aromatic N) is 1. The zero-order chi connectivity index (χ0) is 29.2. The van der Waals surface area contributed by atoms with E-state index in [9.17, 15) is 9.18 Å². The van der Waals surface area contributed by atoms with Crippen molar-refractivity contribution in [1.29, 1.82) is 0 Å². The highest BCUT2D eigenvalue weighted by Gasteiger charge is 2.44. The molecule has 7 rings (SSSR count). The summed E-state index contributed by atoms with van der Waals surface area (Å²) in [6.45, 7) is 2.57. The number of para-hydroxylation sites is 1. The van der Waals surface area contributed by atoms with E-state index in [1.807, 2.05) is 18.2 Å². The molecule has 0 spiro atoms. The smallest absolute Gasteiger partial charge is 0.204 e. The maximum Gasteiger partial charge on any atom is 0.204 e. The minimum Gasteiger partial charge on any atom is -0.493 e. The number of aromatic amines is 2. The molecule has 0 radical (unpaired) electrons. The van der Waals surface area contributed by atoms with Crippen molar-refractivity contribution >= 4 is 29.0 Å². The molecule has 2 aromatic heterocycles. The first kappa shape index (κ1) is 26.7. The Kier molecular flexibility index (Phi) is 6.34. The number of fused-ring (bicyclic) bond motifs is 2. The first-order valence-electron chi connectivity index (χ1n) is 13.6. The monoisotopic (exact) mass is 589 g/mol. The largest absolute Gasteiger partial charge is 0.493 e. The van der Waals surface area contributed by atoms with Crippen LogP contribution in [0.4, 0.5) is 13.2 Å². The summed E-state index contributed by atoms with van der Waals surface area (Å²) in [5.74, 6) is -1.59. The topological polar surface area (TPSA) is 80.0 Å². The zero-order valence-electron chi connectivity index (χ0n) is 22.8. The molecular weight excluding hydrogens is 563 g/mol. The third-order valence-corrected chi connectivity index (χ3v) is 9.31. The fraction of sp³-hybridized carbons (Fsp3) is 0.250. The summed E-state index contributed by atoms with van der Waals surface area (Å²) in [5, 5.41) is 0.492. The molecule has 1 fully saturated rings. The SMILES string of the molecule is CSc1c(Oc2ccc(F)c(-c3ncc(C4(C)CCOc5c(C6CC6C=O)cccc54)[nH]3)c2)c(F)c(F)c2[nH]ccc12. The lowest BCUT2D eigenvalue weighted by atomic mass is 9.74. The van der Waals surface area contributed by atoms with Crippen molar-refractivity contribution in [2.45, 2.75) is 36.0 Å². The summed E-state index contributed by atoms with van der Waals surface area (Å²) in [6, 6.07) is 11.7. The van der Waals surface area contributed by atoms with Gasteiger partial charge in [0.2, 0.25) is 5.82 Å². The Labute approximate surface area is 243 Å². The van der Waals surface area contributed by atoms with Gasteiger partial charge < -0.3 is 24.2 Å². The Morgan fingerprint density at radius 3 is 2.81 bits per heavy atom. The number of hydrogen-bond acceptors (Lipinski definition) is 5. The van der Waals surface area contributed by atoms with E-state index in [-0.39, 0.29) is 40.2 Å². The van der Waals surface area contributed by atoms with E-state index >= 15 is 8.78 Å². The van der Waals surface area contributed by atoms with Crippen LogP contribution in [0.25, 0.3) is 22.3 Å². The average Bonchev–Trinajstić information content (AvgIpc) is 3.35. The lowest BCUT2D eigenvalue weighted by Crippen LogP contribution is -2.32. The van der Waals surface area contributed by atoms with E-state index in [2.05, 4.69) is 21.9 Å². The fourth-order valence-electron chi connectivity index (χ4n) is 6.01. The number of rotatable bonds is 7. The maximum absolute atomic E-state index is 15.1. The zero-order valence-corrected chi connectivity index (χ0v) is 23.6. The van der Waals surface area contributed by atoms with Crippen molar-refractivity contribution in [3.05, 3.63) is 89.1 Å². The highest BCUT2D eigenvalue weighted by Crippen LogP contribution is 2.53. The van der Waals surface area contributed by atoms with E-state index in [1.54, 1.807) is 18.5 Å². The Hall–Kier alpha value is -4.18. The van der Waals surface area contributed by atoms with Crippen molar-refractivity contribution < 1.29 is 27.4 Å². The van der Waals surface area contributed by atoms with Crippen LogP contribution in [0.5, 0.6) is 17.2 Å². The van der Waals surface area contributed by atoms with Crippen molar-refractivity contribution in [2.75, 3.05) is 12.9 Å². The van der Waals surface area contributed by atoms with Crippen LogP contribution in [0.3, 0.4) is 0 Å². The summed E-state index contributed by atoms with van der Waals surface area (Å²) in [4.78, 5) is 22.3. The average molecular weight is 590 g/mol. The Morgan fingerprint density at radius 2 is 2.02 bits per heavy atom. The van der Waals surface area contributed by atoms with Crippen LogP contribution >= 0.6 is 11.8 Å². The predicted molar refractivity (Wildman–Crippen MR) is 154 cm³/mol. The molecule has 3 aromatic carbocycles. The van der Waals surface area contributed by atoms with Gasteiger partial charge >= 0.3 is 0 Å². The van der Waals surface area contributed by atoms with E-state index < -0.39 is 22.9 Å². The first-order valence-corrected chi connectivity index (χ1v) is 14.8. The van der Waals surface area contributed by atoms with Crippen molar-refractivity contribution in [3.63, 3.8) is 0 Å². The molecule has 0 bridgehead atoms. The lowest BCUT2D eigenvalue weighted by molar-refractivity contribution is -0.108. The summed E-state index contributed by atoms with van der Waals surface area (Å²) in [5.41, 5.74) is 2.50. The third-order valence-electron chi connectivity index (χ3n) is 8.50. The molecule has 2 N–H and O–H groups in total. The maximum atomic E-state index is 15.1. The standard InChI is InChI=1S/C32H26F3N3O3S/c1-32(9-11-40-28-18(4-3-5-22(28)32)20-12-16(20)15-39)24-14-37-31(38-24)21-13-17(6-7-23(21)33)41-29-26(35)25(34)27-19(8-10-36-27)30(29)42-2/h3-8,10,13-16,20,36H,9,11-12H2,1-2H3,(H,37,38). The number of halogens is 3. The fourth-order valence-corrected chi connectivity index (χ4v) is 6.71. The predicted octanol–water partition coefficient (Wildman–Crippen LogP) is 7.88. The Morgan fingerprint density at radius 1 is 1.17 bits per heavy atom. The molecule has 5 aromatic rings. The molecular formula is C32H26F3N3O3S. The van der Waals surface area contributed by atoms with E-state index in [0.717, 1.165) is 35.3 Å². The van der Waals surface area contributed by atoms with Crippen LogP contribution < -0.4 is 9.47 Å². The number of benzene rings is 3. The van der Waals surface area contributed by atoms with Gasteiger partial charge in [-0.3, -0.25) is 0 Å². The van der Waals surface area contributed by atoms with Crippen LogP contribution in [0.2, 0.25) is 0 Å². The van der Waals surface area contributed by atoms with Gasteiger partial charge in [0.05, 0.1) is 22.6 Å². The molecule has 3 atom stereocenters. The molecule has 2 aliphatic rings. The molecule has 6 nitrogen and oxygen atoms in total. The number of carbonyl (C=O) groups is 1. The molecule has 3 heterocycles. The molecule has 1 saturated carbocycles. The van der Waals surface area contributed by atoms with Crippen molar-refractivity contribution in [1.82, 2.24) is 15.0 Å². The number of H-pyrrole nitrogens is 2. The molecule has 10 heteroatoms. The molecule has 0 saturated heterocycles. The Balaban J connectivity index is 1.24. The summed E-state index contributed by atoms with van der Waals surface area (Å²) in [6.07, 6.45) is 7.46. The number of hydrogen-bond donors (Lipinski definition) is 2. The van der Waals surface area contributed by atoms with Gasteiger partial charge in [-0.05, 0) is 61.8 Å². The van der Waals surface area contributed by atoms with Crippen LogP contribution in [-0.4, -0.2) is 34.1 Å². The Bertz CT molecular complexity index is 1870. The van der Waals surface area contributed by atoms with Crippen LogP contribution in [0, 0.1) is 23.4 Å². The number of aromatic nitrogens is 3. The highest BCUT2D eigenvalue weighted by atomic mass is 32.2. The minimum atomic E-state index is -1.13. The second-order valence-electron chi connectivity index (χ2n) is 10.9. The molecule has 3 unspecified atom stereocenters. The third kappa shape index (κ3) is 4.11. The minimum absolute atomic E-state index is 0.0198. The van der Waals surface area contributed by atoms with E-state index in [4.69, 9.17) is 9.47 Å². The molecule has 42 heavy (non-hydrogen) atoms. The van der Waals surface area contributed by atoms with Crippen molar-refractivity contribution in [2.24, 2.45) is 5.92 Å². The highest BCUT2D eigenvalue weighted by molar-refractivity contribution is 7.99. The van der Waals surface area contributed by atoms with Gasteiger partial charge in [0.1, 0.15) is 29.4 Å². The molecule has 1 aliphatic heterocycles. The molecule has 0 amide bonds. The second kappa shape index (κ2) is 9.97. The van der Waals surface area contributed by atoms with Gasteiger partial charge in [0, 0.05) is 40.4 Å². The van der Waals surface area contributed by atoms with E-state index in [1.165, 1.54) is 36.2 Å². The van der Waals surface area contributed by atoms with Gasteiger partial charge in [-0.1, -0.05) is 18.2 Å². The summed E-state index contributed by atoms with van der Waals surface area (Å²) in [7, 11) is 0. The van der Waals surface area contributed by atoms with Crippen molar-refractivity contribution in [3.8, 4) is 28.6 Å². The number of thioether (sulfide) groups is 1. The first-order chi connectivity index (χ1) is 20.3. The summed E-state index contributed by atoms with van der Waals surface area (Å²) >= 11 is 1.22. The number of carbonyl (C=O) groups excluding carboxylic acids is 1. The van der Waals surface area contributed by atoms with Crippen LogP contribution in [0.1, 0.15) is 42.5 Å². The van der Waals surface area contributed by atoms with Gasteiger partial charge in [0.15, 0.2) is 11.6 Å². The number of nitrogens with one attached hydrogen (secondary N) is 2. The molecule has 1 aliphatic carbocycles. The van der Waals surface area contributed by atoms with Gasteiger partial charge in [-0.2, -0.15) is 4.39 Å². The normalized spacial score (nSPS) is 21.2. The number of aldehydes is 1. The summed E-state index contributed by atoms with van der Waals surface area (Å²) < 4.78 is 57.0. The lowest BCUT2D eigenvalue weighted by Gasteiger charge is -2.36. The quantitative estimate of drug-likeness (QED) is 0.149. The van der Waals surface area contributed by atoms with Crippen LogP contribution in [-0.2, 0) is 10.2 Å². The van der Waals surface area contributed by atoms with E-state index in [0.29, 0.717) is 23.3 Å². The second-order valence-corrected chi connectivity index (χ2v) is 11.8. The van der Waals surface area contributed by atoms with Gasteiger partial charge in [-0.15, -0.1) is 11.8 Å². The van der Waals surface area contributed by atoms with Gasteiger partial charge in [-0.25, -0.2) is 13.8 Å². The molecule has 214 valence electrons. The number of imidazole rings is 1.